The van der Waals surface area contributed by atoms with E-state index in [0.717, 1.165) is 5.56 Å². The zero-order valence-corrected chi connectivity index (χ0v) is 24.4. The summed E-state index contributed by atoms with van der Waals surface area (Å²) in [6.45, 7) is 2.41. The van der Waals surface area contributed by atoms with Gasteiger partial charge in [0, 0.05) is 12.1 Å². The fourth-order valence-corrected chi connectivity index (χ4v) is 4.45. The SMILES string of the molecule is CCOc1cc(/C=C(\C#N)C(=O)Nc2cc(OC)c(Cl)cc2OC)cc(Br)c1OCc1ccc(Cl)c(Cl)c1. The zero-order valence-electron chi connectivity index (χ0n) is 20.5. The van der Waals surface area contributed by atoms with Gasteiger partial charge in [0.1, 0.15) is 29.7 Å². The maximum Gasteiger partial charge on any atom is 0.266 e. The topological polar surface area (TPSA) is 89.8 Å². The summed E-state index contributed by atoms with van der Waals surface area (Å²) in [6, 6.07) is 13.6. The van der Waals surface area contributed by atoms with Gasteiger partial charge >= 0.3 is 0 Å². The van der Waals surface area contributed by atoms with Crippen molar-refractivity contribution in [2.24, 2.45) is 0 Å². The number of nitriles is 1. The third-order valence-corrected chi connectivity index (χ3v) is 6.72. The van der Waals surface area contributed by atoms with Gasteiger partial charge in [-0.1, -0.05) is 40.9 Å². The minimum atomic E-state index is -0.649. The van der Waals surface area contributed by atoms with E-state index in [1.54, 1.807) is 24.3 Å². The minimum absolute atomic E-state index is 0.153. The van der Waals surface area contributed by atoms with Crippen LogP contribution in [0.25, 0.3) is 6.08 Å². The Morgan fingerprint density at radius 3 is 2.34 bits per heavy atom. The van der Waals surface area contributed by atoms with E-state index in [1.807, 2.05) is 19.1 Å². The van der Waals surface area contributed by atoms with E-state index in [4.69, 9.17) is 53.8 Å². The summed E-state index contributed by atoms with van der Waals surface area (Å²) in [5.74, 6) is 0.883. The van der Waals surface area contributed by atoms with E-state index in [-0.39, 0.29) is 12.2 Å². The highest BCUT2D eigenvalue weighted by Crippen LogP contribution is 2.39. The zero-order chi connectivity index (χ0) is 27.8. The quantitative estimate of drug-likeness (QED) is 0.179. The van der Waals surface area contributed by atoms with Crippen LogP contribution in [-0.4, -0.2) is 26.7 Å². The highest BCUT2D eigenvalue weighted by molar-refractivity contribution is 9.10. The van der Waals surface area contributed by atoms with Crippen LogP contribution in [0, 0.1) is 11.3 Å². The average molecular weight is 641 g/mol. The number of anilines is 1. The van der Waals surface area contributed by atoms with E-state index >= 15 is 0 Å². The Morgan fingerprint density at radius 2 is 1.71 bits per heavy atom. The summed E-state index contributed by atoms with van der Waals surface area (Å²) in [7, 11) is 2.89. The summed E-state index contributed by atoms with van der Waals surface area (Å²) in [5, 5.41) is 13.6. The van der Waals surface area contributed by atoms with Gasteiger partial charge in [-0.15, -0.1) is 0 Å². The molecule has 0 aromatic heterocycles. The molecule has 0 aliphatic heterocycles. The number of nitrogens with one attached hydrogen (secondary N) is 1. The minimum Gasteiger partial charge on any atom is -0.495 e. The Bertz CT molecular complexity index is 1420. The number of carbonyl (C=O) groups excluding carboxylic acids is 1. The molecule has 0 heterocycles. The molecular weight excluding hydrogens is 619 g/mol. The first-order valence-electron chi connectivity index (χ1n) is 11.1. The van der Waals surface area contributed by atoms with Crippen molar-refractivity contribution in [2.45, 2.75) is 13.5 Å². The molecular formula is C27H22BrCl3N2O5. The van der Waals surface area contributed by atoms with E-state index in [0.29, 0.717) is 60.4 Å². The first-order chi connectivity index (χ1) is 18.2. The molecule has 7 nitrogen and oxygen atoms in total. The predicted octanol–water partition coefficient (Wildman–Crippen LogP) is 7.95. The normalized spacial score (nSPS) is 10.9. The van der Waals surface area contributed by atoms with Crippen LogP contribution in [0.1, 0.15) is 18.1 Å². The molecule has 0 aliphatic rings. The second-order valence-electron chi connectivity index (χ2n) is 7.61. The van der Waals surface area contributed by atoms with Crippen molar-refractivity contribution in [3.8, 4) is 29.1 Å². The number of hydrogen-bond acceptors (Lipinski definition) is 6. The molecule has 3 aromatic rings. The van der Waals surface area contributed by atoms with Gasteiger partial charge in [0.05, 0.1) is 46.1 Å². The Morgan fingerprint density at radius 1 is 0.974 bits per heavy atom. The average Bonchev–Trinajstić information content (AvgIpc) is 2.89. The van der Waals surface area contributed by atoms with Crippen LogP contribution in [0.15, 0.2) is 52.5 Å². The number of benzene rings is 3. The Balaban J connectivity index is 1.88. The first kappa shape index (κ1) is 29.5. The van der Waals surface area contributed by atoms with Crippen molar-refractivity contribution < 1.29 is 23.7 Å². The third kappa shape index (κ3) is 7.27. The lowest BCUT2D eigenvalue weighted by Gasteiger charge is -2.15. The van der Waals surface area contributed by atoms with Crippen LogP contribution in [0.3, 0.4) is 0 Å². The number of nitrogens with zero attached hydrogens (tertiary/aromatic N) is 1. The maximum atomic E-state index is 13.0. The van der Waals surface area contributed by atoms with E-state index < -0.39 is 5.91 Å². The molecule has 3 aromatic carbocycles. The molecule has 1 amide bonds. The molecule has 38 heavy (non-hydrogen) atoms. The van der Waals surface area contributed by atoms with Gasteiger partial charge in [0.15, 0.2) is 11.5 Å². The Labute approximate surface area is 243 Å². The van der Waals surface area contributed by atoms with Gasteiger partial charge in [-0.25, -0.2) is 0 Å². The monoisotopic (exact) mass is 638 g/mol. The van der Waals surface area contributed by atoms with Gasteiger partial charge in [-0.3, -0.25) is 4.79 Å². The van der Waals surface area contributed by atoms with Crippen molar-refractivity contribution in [1.29, 1.82) is 5.26 Å². The fraction of sp³-hybridized carbons (Fsp3) is 0.185. The second kappa shape index (κ2) is 13.6. The van der Waals surface area contributed by atoms with Crippen LogP contribution >= 0.6 is 50.7 Å². The molecule has 0 atom stereocenters. The van der Waals surface area contributed by atoms with Crippen LogP contribution in [0.5, 0.6) is 23.0 Å². The number of ether oxygens (including phenoxy) is 4. The molecule has 0 saturated carbocycles. The largest absolute Gasteiger partial charge is 0.495 e. The van der Waals surface area contributed by atoms with Gasteiger partial charge in [-0.2, -0.15) is 5.26 Å². The number of methoxy groups -OCH3 is 2. The smallest absolute Gasteiger partial charge is 0.266 e. The Hall–Kier alpha value is -3.09. The molecule has 0 aliphatic carbocycles. The number of carbonyl (C=O) groups is 1. The molecule has 0 unspecified atom stereocenters. The maximum absolute atomic E-state index is 13.0. The lowest BCUT2D eigenvalue weighted by molar-refractivity contribution is -0.112. The summed E-state index contributed by atoms with van der Waals surface area (Å²) < 4.78 is 22.8. The van der Waals surface area contributed by atoms with Crippen LogP contribution in [0.4, 0.5) is 5.69 Å². The Kier molecular flexibility index (Phi) is 10.6. The van der Waals surface area contributed by atoms with E-state index in [2.05, 4.69) is 21.2 Å². The lowest BCUT2D eigenvalue weighted by atomic mass is 10.1. The molecule has 198 valence electrons. The molecule has 0 spiro atoms. The highest BCUT2D eigenvalue weighted by Gasteiger charge is 2.17. The highest BCUT2D eigenvalue weighted by atomic mass is 79.9. The van der Waals surface area contributed by atoms with Gasteiger partial charge in [0.2, 0.25) is 0 Å². The summed E-state index contributed by atoms with van der Waals surface area (Å²) in [6.07, 6.45) is 1.44. The number of halogens is 4. The van der Waals surface area contributed by atoms with Crippen LogP contribution < -0.4 is 24.3 Å². The molecule has 11 heteroatoms. The first-order valence-corrected chi connectivity index (χ1v) is 13.0. The standard InChI is InChI=1S/C27H22BrCl3N2O5/c1-4-37-25-10-16(8-18(28)26(25)38-14-15-5-6-19(29)20(30)9-15)7-17(13-32)27(34)33-22-12-23(35-2)21(31)11-24(22)36-3/h5-12H,4,14H2,1-3H3,(H,33,34)/b17-7+. The van der Waals surface area contributed by atoms with Gasteiger partial charge < -0.3 is 24.3 Å². The summed E-state index contributed by atoms with van der Waals surface area (Å²) in [5.41, 5.74) is 1.49. The lowest BCUT2D eigenvalue weighted by Crippen LogP contribution is -2.14. The van der Waals surface area contributed by atoms with Crippen LogP contribution in [0.2, 0.25) is 15.1 Å². The molecule has 0 bridgehead atoms. The van der Waals surface area contributed by atoms with Gasteiger partial charge in [-0.05, 0) is 64.3 Å². The molecule has 0 saturated heterocycles. The number of amides is 1. The number of hydrogen-bond donors (Lipinski definition) is 1. The van der Waals surface area contributed by atoms with Crippen molar-refractivity contribution >= 4 is 68.4 Å². The third-order valence-electron chi connectivity index (χ3n) is 5.10. The molecule has 1 N–H and O–H groups in total. The molecule has 3 rings (SSSR count). The predicted molar refractivity (Wildman–Crippen MR) is 153 cm³/mol. The van der Waals surface area contributed by atoms with Crippen LogP contribution in [-0.2, 0) is 11.4 Å². The fourth-order valence-electron chi connectivity index (χ4n) is 3.32. The van der Waals surface area contributed by atoms with E-state index in [1.165, 1.54) is 32.4 Å². The van der Waals surface area contributed by atoms with E-state index in [9.17, 15) is 10.1 Å². The van der Waals surface area contributed by atoms with Crippen molar-refractivity contribution in [2.75, 3.05) is 26.1 Å². The summed E-state index contributed by atoms with van der Waals surface area (Å²) in [4.78, 5) is 13.0. The van der Waals surface area contributed by atoms with Crippen molar-refractivity contribution in [1.82, 2.24) is 0 Å². The van der Waals surface area contributed by atoms with Crippen molar-refractivity contribution in [3.05, 3.63) is 78.7 Å². The number of rotatable bonds is 10. The van der Waals surface area contributed by atoms with Crippen molar-refractivity contribution in [3.63, 3.8) is 0 Å². The molecule has 0 radical (unpaired) electrons. The second-order valence-corrected chi connectivity index (χ2v) is 9.69. The summed E-state index contributed by atoms with van der Waals surface area (Å²) >= 11 is 21.7. The van der Waals surface area contributed by atoms with Gasteiger partial charge in [0.25, 0.3) is 5.91 Å². The molecule has 0 fully saturated rings.